The Bertz CT molecular complexity index is 810. The van der Waals surface area contributed by atoms with Crippen LogP contribution in [0, 0.1) is 19.7 Å². The van der Waals surface area contributed by atoms with Crippen LogP contribution in [0.4, 0.5) is 4.39 Å². The van der Waals surface area contributed by atoms with E-state index in [2.05, 4.69) is 34.6 Å². The SMILES string of the molecule is CCNC(=NCC(O)COc1ccc(F)cc1)NC(C)Cc1c(C)nn(C)c1C.I. The number of aromatic nitrogens is 2. The third kappa shape index (κ3) is 8.10. The molecular formula is C21H33FIN5O2. The first-order valence-corrected chi connectivity index (χ1v) is 9.90. The van der Waals surface area contributed by atoms with E-state index in [9.17, 15) is 9.50 Å². The molecule has 0 saturated carbocycles. The maximum absolute atomic E-state index is 12.9. The molecule has 30 heavy (non-hydrogen) atoms. The lowest BCUT2D eigenvalue weighted by atomic mass is 10.1. The number of nitrogens with one attached hydrogen (secondary N) is 2. The fourth-order valence-electron chi connectivity index (χ4n) is 3.00. The Labute approximate surface area is 195 Å². The van der Waals surface area contributed by atoms with Gasteiger partial charge < -0.3 is 20.5 Å². The first-order chi connectivity index (χ1) is 13.8. The quantitative estimate of drug-likeness (QED) is 0.263. The molecule has 1 aromatic heterocycles. The molecule has 0 aliphatic rings. The summed E-state index contributed by atoms with van der Waals surface area (Å²) in [6.45, 7) is 9.15. The Morgan fingerprint density at radius 2 is 1.97 bits per heavy atom. The standard InChI is InChI=1S/C21H32FN5O2.HI/c1-6-23-21(25-14(2)11-20-15(3)26-27(5)16(20)4)24-12-18(28)13-29-19-9-7-17(22)8-10-19;/h7-10,14,18,28H,6,11-13H2,1-5H3,(H2,23,24,25);1H. The average Bonchev–Trinajstić information content (AvgIpc) is 2.92. The normalized spacial score (nSPS) is 13.4. The first kappa shape index (κ1) is 26.2. The second-order valence-electron chi connectivity index (χ2n) is 7.16. The van der Waals surface area contributed by atoms with Gasteiger partial charge >= 0.3 is 0 Å². The van der Waals surface area contributed by atoms with Crippen LogP contribution in [0.25, 0.3) is 0 Å². The largest absolute Gasteiger partial charge is 0.491 e. The van der Waals surface area contributed by atoms with Crippen molar-refractivity contribution in [3.63, 3.8) is 0 Å². The number of aryl methyl sites for hydroxylation is 2. The molecular weight excluding hydrogens is 500 g/mol. The minimum atomic E-state index is -0.770. The highest BCUT2D eigenvalue weighted by Gasteiger charge is 2.14. The Balaban J connectivity index is 0.00000450. The predicted molar refractivity (Wildman–Crippen MR) is 128 cm³/mol. The van der Waals surface area contributed by atoms with E-state index >= 15 is 0 Å². The van der Waals surface area contributed by atoms with Gasteiger partial charge in [-0.05, 0) is 63.9 Å². The Morgan fingerprint density at radius 3 is 2.53 bits per heavy atom. The number of rotatable bonds is 9. The average molecular weight is 533 g/mol. The number of aliphatic imine (C=N–C) groups is 1. The van der Waals surface area contributed by atoms with E-state index in [4.69, 9.17) is 4.74 Å². The molecule has 0 bridgehead atoms. The molecule has 1 aromatic carbocycles. The van der Waals surface area contributed by atoms with Crippen LogP contribution in [0.1, 0.15) is 30.8 Å². The molecule has 0 radical (unpaired) electrons. The number of halogens is 2. The van der Waals surface area contributed by atoms with Crippen LogP contribution in [-0.2, 0) is 13.5 Å². The van der Waals surface area contributed by atoms with E-state index in [1.165, 1.54) is 29.8 Å². The minimum Gasteiger partial charge on any atom is -0.491 e. The van der Waals surface area contributed by atoms with Gasteiger partial charge in [0, 0.05) is 25.3 Å². The van der Waals surface area contributed by atoms with Gasteiger partial charge in [0.05, 0.1) is 12.2 Å². The van der Waals surface area contributed by atoms with Crippen LogP contribution in [0.3, 0.4) is 0 Å². The molecule has 0 fully saturated rings. The van der Waals surface area contributed by atoms with Gasteiger partial charge in [-0.1, -0.05) is 0 Å². The van der Waals surface area contributed by atoms with E-state index in [1.54, 1.807) is 0 Å². The van der Waals surface area contributed by atoms with Crippen molar-refractivity contribution in [1.82, 2.24) is 20.4 Å². The summed E-state index contributed by atoms with van der Waals surface area (Å²) in [6, 6.07) is 5.84. The minimum absolute atomic E-state index is 0. The molecule has 2 aromatic rings. The fraction of sp³-hybridized carbons (Fsp3) is 0.524. The van der Waals surface area contributed by atoms with Gasteiger partial charge in [0.25, 0.3) is 0 Å². The molecule has 7 nitrogen and oxygen atoms in total. The molecule has 1 heterocycles. The van der Waals surface area contributed by atoms with Crippen LogP contribution in [0.2, 0.25) is 0 Å². The van der Waals surface area contributed by atoms with E-state index in [0.717, 1.165) is 17.8 Å². The molecule has 0 spiro atoms. The van der Waals surface area contributed by atoms with Gasteiger partial charge in [-0.15, -0.1) is 24.0 Å². The Morgan fingerprint density at radius 1 is 1.30 bits per heavy atom. The number of guanidine groups is 1. The summed E-state index contributed by atoms with van der Waals surface area (Å²) >= 11 is 0. The summed E-state index contributed by atoms with van der Waals surface area (Å²) in [5.41, 5.74) is 3.43. The fourth-order valence-corrected chi connectivity index (χ4v) is 3.00. The lowest BCUT2D eigenvalue weighted by Crippen LogP contribution is -2.43. The number of hydrogen-bond donors (Lipinski definition) is 3. The van der Waals surface area contributed by atoms with Gasteiger partial charge in [-0.25, -0.2) is 4.39 Å². The molecule has 0 aliphatic heterocycles. The molecule has 168 valence electrons. The second-order valence-corrected chi connectivity index (χ2v) is 7.16. The molecule has 2 atom stereocenters. The van der Waals surface area contributed by atoms with Crippen molar-refractivity contribution < 1.29 is 14.2 Å². The third-order valence-electron chi connectivity index (χ3n) is 4.61. The lowest BCUT2D eigenvalue weighted by Gasteiger charge is -2.19. The maximum atomic E-state index is 12.9. The van der Waals surface area contributed by atoms with Crippen molar-refractivity contribution in [2.24, 2.45) is 12.0 Å². The number of benzene rings is 1. The zero-order valence-electron chi connectivity index (χ0n) is 18.3. The summed E-state index contributed by atoms with van der Waals surface area (Å²) in [7, 11) is 1.95. The number of ether oxygens (including phenoxy) is 1. The predicted octanol–water partition coefficient (Wildman–Crippen LogP) is 2.72. The number of nitrogens with zero attached hydrogens (tertiary/aromatic N) is 3. The summed E-state index contributed by atoms with van der Waals surface area (Å²) < 4.78 is 20.3. The molecule has 2 unspecified atom stereocenters. The van der Waals surface area contributed by atoms with Crippen LogP contribution in [0.5, 0.6) is 5.75 Å². The second kappa shape index (κ2) is 12.7. The molecule has 0 aliphatic carbocycles. The third-order valence-corrected chi connectivity index (χ3v) is 4.61. The van der Waals surface area contributed by atoms with Gasteiger partial charge in [-0.2, -0.15) is 5.10 Å². The Hall–Kier alpha value is -1.88. The molecule has 3 N–H and O–H groups in total. The van der Waals surface area contributed by atoms with E-state index in [-0.39, 0.29) is 49.0 Å². The monoisotopic (exact) mass is 533 g/mol. The van der Waals surface area contributed by atoms with Gasteiger partial charge in [0.1, 0.15) is 24.3 Å². The molecule has 0 saturated heterocycles. The highest BCUT2D eigenvalue weighted by atomic mass is 127. The van der Waals surface area contributed by atoms with Crippen LogP contribution in [0.15, 0.2) is 29.3 Å². The first-order valence-electron chi connectivity index (χ1n) is 9.90. The molecule has 2 rings (SSSR count). The van der Waals surface area contributed by atoms with E-state index in [1.807, 2.05) is 25.6 Å². The van der Waals surface area contributed by atoms with Crippen molar-refractivity contribution in [2.45, 2.75) is 46.3 Å². The summed E-state index contributed by atoms with van der Waals surface area (Å²) in [5.74, 6) is 0.824. The van der Waals surface area contributed by atoms with E-state index in [0.29, 0.717) is 18.3 Å². The van der Waals surface area contributed by atoms with Gasteiger partial charge in [0.15, 0.2) is 5.96 Å². The highest BCUT2D eigenvalue weighted by Crippen LogP contribution is 2.14. The van der Waals surface area contributed by atoms with Crippen molar-refractivity contribution in [3.8, 4) is 5.75 Å². The summed E-state index contributed by atoms with van der Waals surface area (Å²) in [6.07, 6.45) is 0.0558. The van der Waals surface area contributed by atoms with Crippen molar-refractivity contribution >= 4 is 29.9 Å². The van der Waals surface area contributed by atoms with Gasteiger partial charge in [0.2, 0.25) is 0 Å². The zero-order chi connectivity index (χ0) is 21.4. The topological polar surface area (TPSA) is 83.7 Å². The van der Waals surface area contributed by atoms with Crippen molar-refractivity contribution in [3.05, 3.63) is 47.0 Å². The number of aliphatic hydroxyl groups is 1. The van der Waals surface area contributed by atoms with Crippen molar-refractivity contribution in [2.75, 3.05) is 19.7 Å². The zero-order valence-corrected chi connectivity index (χ0v) is 20.6. The highest BCUT2D eigenvalue weighted by molar-refractivity contribution is 14.0. The maximum Gasteiger partial charge on any atom is 0.191 e. The van der Waals surface area contributed by atoms with Crippen LogP contribution in [-0.4, -0.2) is 52.7 Å². The van der Waals surface area contributed by atoms with Crippen molar-refractivity contribution in [1.29, 1.82) is 0 Å². The Kier molecular flexibility index (Phi) is 11.1. The number of hydrogen-bond acceptors (Lipinski definition) is 4. The summed E-state index contributed by atoms with van der Waals surface area (Å²) in [5, 5.41) is 21.2. The van der Waals surface area contributed by atoms with Crippen LogP contribution < -0.4 is 15.4 Å². The number of aliphatic hydroxyl groups excluding tert-OH is 1. The lowest BCUT2D eigenvalue weighted by molar-refractivity contribution is 0.114. The molecule has 0 amide bonds. The van der Waals surface area contributed by atoms with Crippen LogP contribution >= 0.6 is 24.0 Å². The smallest absolute Gasteiger partial charge is 0.191 e. The summed E-state index contributed by atoms with van der Waals surface area (Å²) in [4.78, 5) is 4.46. The molecule has 9 heteroatoms. The van der Waals surface area contributed by atoms with E-state index < -0.39 is 6.10 Å². The van der Waals surface area contributed by atoms with Gasteiger partial charge in [-0.3, -0.25) is 9.67 Å².